The standard InChI is InChI=1S/C10H12N6S2/c11-9(17)14-10(18)16-13-6-8(15-12)7-4-2-1-3-5-7/h1-6H,12H2,(H4,11,14,16,17,18). The first-order valence-electron chi connectivity index (χ1n) is 4.86. The number of hydrogen-bond donors (Lipinski definition) is 4. The summed E-state index contributed by atoms with van der Waals surface area (Å²) < 4.78 is 0. The van der Waals surface area contributed by atoms with Crippen molar-refractivity contribution in [3.63, 3.8) is 0 Å². The van der Waals surface area contributed by atoms with E-state index in [0.717, 1.165) is 5.56 Å². The summed E-state index contributed by atoms with van der Waals surface area (Å²) in [6, 6.07) is 9.38. The molecule has 8 heteroatoms. The molecule has 0 aromatic heterocycles. The van der Waals surface area contributed by atoms with Gasteiger partial charge in [0.1, 0.15) is 5.71 Å². The van der Waals surface area contributed by atoms with E-state index in [1.165, 1.54) is 6.21 Å². The average molecular weight is 280 g/mol. The molecule has 0 atom stereocenters. The zero-order chi connectivity index (χ0) is 13.4. The molecule has 0 aliphatic heterocycles. The van der Waals surface area contributed by atoms with E-state index in [1.807, 2.05) is 30.3 Å². The van der Waals surface area contributed by atoms with Gasteiger partial charge in [-0.2, -0.15) is 10.2 Å². The number of benzene rings is 1. The van der Waals surface area contributed by atoms with Crippen LogP contribution < -0.4 is 22.3 Å². The van der Waals surface area contributed by atoms with E-state index in [2.05, 4.69) is 33.2 Å². The fourth-order valence-electron chi connectivity index (χ4n) is 1.08. The van der Waals surface area contributed by atoms with Gasteiger partial charge in [0.25, 0.3) is 0 Å². The second kappa shape index (κ2) is 7.30. The molecule has 0 saturated heterocycles. The second-order valence-electron chi connectivity index (χ2n) is 3.07. The topological polar surface area (TPSA) is 101 Å². The Morgan fingerprint density at radius 1 is 1.22 bits per heavy atom. The number of nitrogens with zero attached hydrogens (tertiary/aromatic N) is 2. The van der Waals surface area contributed by atoms with Gasteiger partial charge >= 0.3 is 0 Å². The molecule has 0 aliphatic rings. The molecule has 94 valence electrons. The monoisotopic (exact) mass is 280 g/mol. The summed E-state index contributed by atoms with van der Waals surface area (Å²) in [5.41, 5.74) is 9.13. The minimum atomic E-state index is 0.0680. The van der Waals surface area contributed by atoms with Crippen LogP contribution in [0.15, 0.2) is 40.5 Å². The Morgan fingerprint density at radius 3 is 2.44 bits per heavy atom. The predicted octanol–water partition coefficient (Wildman–Crippen LogP) is 0.0429. The van der Waals surface area contributed by atoms with Crippen LogP contribution in [0.2, 0.25) is 0 Å². The lowest BCUT2D eigenvalue weighted by molar-refractivity contribution is 1.02. The average Bonchev–Trinajstić information content (AvgIpc) is 2.35. The summed E-state index contributed by atoms with van der Waals surface area (Å²) in [4.78, 5) is 0. The molecule has 1 rings (SSSR count). The van der Waals surface area contributed by atoms with E-state index in [4.69, 9.17) is 23.8 Å². The normalized spacial score (nSPS) is 11.2. The van der Waals surface area contributed by atoms with Crippen LogP contribution in [0.1, 0.15) is 5.56 Å². The second-order valence-corrected chi connectivity index (χ2v) is 3.92. The molecule has 1 aromatic rings. The molecule has 0 unspecified atom stereocenters. The predicted molar refractivity (Wildman–Crippen MR) is 81.3 cm³/mol. The molecule has 1 aromatic carbocycles. The lowest BCUT2D eigenvalue weighted by Crippen LogP contribution is -2.40. The number of rotatable bonds is 3. The molecule has 0 amide bonds. The Bertz CT molecular complexity index is 482. The smallest absolute Gasteiger partial charge is 0.193 e. The molecule has 0 saturated carbocycles. The fourth-order valence-corrected chi connectivity index (χ4v) is 1.41. The van der Waals surface area contributed by atoms with Crippen molar-refractivity contribution < 1.29 is 0 Å². The van der Waals surface area contributed by atoms with Gasteiger partial charge in [0.05, 0.1) is 6.21 Å². The number of hydrogen-bond acceptors (Lipinski definition) is 5. The Labute approximate surface area is 115 Å². The minimum Gasteiger partial charge on any atom is -0.376 e. The van der Waals surface area contributed by atoms with E-state index >= 15 is 0 Å². The zero-order valence-electron chi connectivity index (χ0n) is 9.33. The highest BCUT2D eigenvalue weighted by Gasteiger charge is 1.99. The number of nitrogens with one attached hydrogen (secondary N) is 2. The van der Waals surface area contributed by atoms with E-state index < -0.39 is 0 Å². The first-order chi connectivity index (χ1) is 8.63. The third-order valence-corrected chi connectivity index (χ3v) is 2.09. The molecule has 0 bridgehead atoms. The SMILES string of the molecule is NN=C(C=NNC(=S)NC(N)=S)c1ccccc1. The van der Waals surface area contributed by atoms with Crippen LogP contribution in [0.25, 0.3) is 0 Å². The van der Waals surface area contributed by atoms with Crippen LogP contribution in [-0.4, -0.2) is 22.2 Å². The van der Waals surface area contributed by atoms with E-state index in [9.17, 15) is 0 Å². The van der Waals surface area contributed by atoms with E-state index in [0.29, 0.717) is 5.71 Å². The van der Waals surface area contributed by atoms with Crippen LogP contribution in [0.4, 0.5) is 0 Å². The highest BCUT2D eigenvalue weighted by atomic mass is 32.1. The van der Waals surface area contributed by atoms with Gasteiger partial charge in [-0.3, -0.25) is 5.43 Å². The minimum absolute atomic E-state index is 0.0680. The van der Waals surface area contributed by atoms with Crippen molar-refractivity contribution in [2.45, 2.75) is 0 Å². The van der Waals surface area contributed by atoms with Gasteiger partial charge in [-0.15, -0.1) is 0 Å². The third kappa shape index (κ3) is 4.85. The largest absolute Gasteiger partial charge is 0.376 e. The van der Waals surface area contributed by atoms with Crippen molar-refractivity contribution in [2.24, 2.45) is 21.8 Å². The summed E-state index contributed by atoms with van der Waals surface area (Å²) in [5.74, 6) is 5.28. The van der Waals surface area contributed by atoms with Crippen molar-refractivity contribution in [2.75, 3.05) is 0 Å². The highest BCUT2D eigenvalue weighted by molar-refractivity contribution is 7.81. The molecular formula is C10H12N6S2. The van der Waals surface area contributed by atoms with Crippen molar-refractivity contribution in [1.82, 2.24) is 10.7 Å². The summed E-state index contributed by atoms with van der Waals surface area (Å²) in [6.07, 6.45) is 1.45. The maximum atomic E-state index is 5.28. The first kappa shape index (κ1) is 14.0. The summed E-state index contributed by atoms with van der Waals surface area (Å²) in [5, 5.41) is 10.3. The van der Waals surface area contributed by atoms with Crippen LogP contribution >= 0.6 is 24.4 Å². The molecule has 0 fully saturated rings. The zero-order valence-corrected chi connectivity index (χ0v) is 11.0. The lowest BCUT2D eigenvalue weighted by atomic mass is 10.1. The maximum absolute atomic E-state index is 5.28. The van der Waals surface area contributed by atoms with Crippen LogP contribution in [0.3, 0.4) is 0 Å². The van der Waals surface area contributed by atoms with E-state index in [1.54, 1.807) is 0 Å². The third-order valence-electron chi connectivity index (χ3n) is 1.80. The Morgan fingerprint density at radius 2 is 1.89 bits per heavy atom. The quantitative estimate of drug-likeness (QED) is 0.270. The lowest BCUT2D eigenvalue weighted by Gasteiger charge is -2.03. The molecule has 0 heterocycles. The van der Waals surface area contributed by atoms with Gasteiger partial charge in [0, 0.05) is 5.56 Å². The van der Waals surface area contributed by atoms with Crippen molar-refractivity contribution in [3.05, 3.63) is 35.9 Å². The Hall–Kier alpha value is -2.06. The number of hydrazone groups is 2. The van der Waals surface area contributed by atoms with Gasteiger partial charge in [0.15, 0.2) is 10.2 Å². The maximum Gasteiger partial charge on any atom is 0.193 e. The van der Waals surface area contributed by atoms with Gasteiger partial charge in [-0.05, 0) is 24.4 Å². The fraction of sp³-hybridized carbons (Fsp3) is 0. The van der Waals surface area contributed by atoms with Crippen LogP contribution in [0.5, 0.6) is 0 Å². The van der Waals surface area contributed by atoms with E-state index in [-0.39, 0.29) is 10.2 Å². The number of nitrogens with two attached hydrogens (primary N) is 2. The highest BCUT2D eigenvalue weighted by Crippen LogP contribution is 1.98. The van der Waals surface area contributed by atoms with Crippen LogP contribution in [0, 0.1) is 0 Å². The van der Waals surface area contributed by atoms with Crippen molar-refractivity contribution in [3.8, 4) is 0 Å². The van der Waals surface area contributed by atoms with Gasteiger partial charge in [0.2, 0.25) is 0 Å². The summed E-state index contributed by atoms with van der Waals surface area (Å²) in [6.45, 7) is 0. The summed E-state index contributed by atoms with van der Waals surface area (Å²) >= 11 is 9.48. The molecule has 18 heavy (non-hydrogen) atoms. The van der Waals surface area contributed by atoms with Gasteiger partial charge in [-0.25, -0.2) is 0 Å². The molecule has 6 nitrogen and oxygen atoms in total. The molecule has 0 aliphatic carbocycles. The first-order valence-corrected chi connectivity index (χ1v) is 5.68. The molecule has 6 N–H and O–H groups in total. The molecule has 0 spiro atoms. The van der Waals surface area contributed by atoms with Gasteiger partial charge < -0.3 is 16.9 Å². The Balaban J connectivity index is 2.60. The van der Waals surface area contributed by atoms with Gasteiger partial charge in [-0.1, -0.05) is 30.3 Å². The molecule has 0 radical (unpaired) electrons. The Kier molecular flexibility index (Phi) is 5.68. The summed E-state index contributed by atoms with van der Waals surface area (Å²) in [7, 11) is 0. The van der Waals surface area contributed by atoms with Crippen molar-refractivity contribution >= 4 is 46.6 Å². The number of thiocarbonyl (C=S) groups is 2. The molecular weight excluding hydrogens is 268 g/mol. The van der Waals surface area contributed by atoms with Crippen molar-refractivity contribution in [1.29, 1.82) is 0 Å². The van der Waals surface area contributed by atoms with Crippen LogP contribution in [-0.2, 0) is 0 Å².